The Balaban J connectivity index is 2.15. The Morgan fingerprint density at radius 3 is 3.00 bits per heavy atom. The van der Waals surface area contributed by atoms with Crippen LogP contribution in [0.15, 0.2) is 18.2 Å². The number of nitrogens with one attached hydrogen (secondary N) is 1. The molecule has 0 saturated carbocycles. The summed E-state index contributed by atoms with van der Waals surface area (Å²) in [6.45, 7) is 3.79. The maximum absolute atomic E-state index is 12.1. The molecule has 1 atom stereocenters. The van der Waals surface area contributed by atoms with E-state index in [2.05, 4.69) is 11.4 Å². The molecule has 1 unspecified atom stereocenters. The standard InChI is InChI=1S/C13H15N2O2/c1-9(14-10(2)16)13(17)15-8-7-11-5-3-4-6-12(11)15/h3,5-6,9H,7-8H2,1-2H3,(H,14,16). The maximum atomic E-state index is 12.1. The lowest BCUT2D eigenvalue weighted by Gasteiger charge is -2.21. The van der Waals surface area contributed by atoms with Crippen LogP contribution in [0, 0.1) is 6.07 Å². The maximum Gasteiger partial charge on any atom is 0.249 e. The second-order valence-electron chi connectivity index (χ2n) is 4.22. The fourth-order valence-corrected chi connectivity index (χ4v) is 2.10. The quantitative estimate of drug-likeness (QED) is 0.822. The third-order valence-electron chi connectivity index (χ3n) is 2.88. The van der Waals surface area contributed by atoms with Crippen molar-refractivity contribution >= 4 is 17.5 Å². The van der Waals surface area contributed by atoms with Crippen LogP contribution in [0.3, 0.4) is 0 Å². The summed E-state index contributed by atoms with van der Waals surface area (Å²) in [5.74, 6) is -0.261. The lowest BCUT2D eigenvalue weighted by molar-refractivity contribution is -0.126. The monoisotopic (exact) mass is 231 g/mol. The first-order valence-corrected chi connectivity index (χ1v) is 5.67. The van der Waals surface area contributed by atoms with Gasteiger partial charge in [-0.3, -0.25) is 9.59 Å². The number of carbonyl (C=O) groups excluding carboxylic acids is 2. The molecule has 1 aromatic rings. The van der Waals surface area contributed by atoms with Crippen LogP contribution in [0.2, 0.25) is 0 Å². The van der Waals surface area contributed by atoms with E-state index in [1.165, 1.54) is 6.92 Å². The number of hydrogen-bond donors (Lipinski definition) is 1. The Morgan fingerprint density at radius 2 is 2.29 bits per heavy atom. The number of amides is 2. The number of carbonyl (C=O) groups is 2. The van der Waals surface area contributed by atoms with Crippen molar-refractivity contribution in [1.82, 2.24) is 5.32 Å². The number of rotatable bonds is 2. The zero-order chi connectivity index (χ0) is 12.4. The van der Waals surface area contributed by atoms with E-state index >= 15 is 0 Å². The van der Waals surface area contributed by atoms with Crippen LogP contribution >= 0.6 is 0 Å². The molecule has 0 fully saturated rings. The summed E-state index contributed by atoms with van der Waals surface area (Å²) in [5, 5.41) is 2.61. The van der Waals surface area contributed by atoms with Crippen LogP contribution in [-0.2, 0) is 16.0 Å². The molecule has 0 aliphatic carbocycles. The highest BCUT2D eigenvalue weighted by Crippen LogP contribution is 2.27. The largest absolute Gasteiger partial charge is 0.345 e. The van der Waals surface area contributed by atoms with Crippen molar-refractivity contribution in [3.05, 3.63) is 29.8 Å². The molecule has 17 heavy (non-hydrogen) atoms. The number of fused-ring (bicyclic) bond motifs is 1. The van der Waals surface area contributed by atoms with Gasteiger partial charge in [0.15, 0.2) is 0 Å². The molecule has 0 bridgehead atoms. The molecular weight excluding hydrogens is 216 g/mol. The summed E-state index contributed by atoms with van der Waals surface area (Å²) in [6.07, 6.45) is 0.864. The average molecular weight is 231 g/mol. The zero-order valence-electron chi connectivity index (χ0n) is 9.99. The van der Waals surface area contributed by atoms with Crippen LogP contribution in [0.25, 0.3) is 0 Å². The minimum atomic E-state index is -0.487. The van der Waals surface area contributed by atoms with Gasteiger partial charge in [0.2, 0.25) is 11.8 Å². The number of anilines is 1. The molecule has 1 aliphatic heterocycles. The summed E-state index contributed by atoms with van der Waals surface area (Å²) >= 11 is 0. The van der Waals surface area contributed by atoms with E-state index in [0.29, 0.717) is 6.54 Å². The van der Waals surface area contributed by atoms with Gasteiger partial charge in [-0.2, -0.15) is 0 Å². The summed E-state index contributed by atoms with van der Waals surface area (Å²) < 4.78 is 0. The first-order chi connectivity index (χ1) is 8.09. The highest BCUT2D eigenvalue weighted by molar-refractivity contribution is 6.00. The molecular formula is C13H15N2O2. The van der Waals surface area contributed by atoms with Gasteiger partial charge in [0.05, 0.1) is 0 Å². The predicted molar refractivity (Wildman–Crippen MR) is 64.6 cm³/mol. The van der Waals surface area contributed by atoms with Gasteiger partial charge < -0.3 is 10.2 Å². The smallest absolute Gasteiger partial charge is 0.249 e. The molecule has 0 saturated heterocycles. The highest BCUT2D eigenvalue weighted by atomic mass is 16.2. The number of hydrogen-bond acceptors (Lipinski definition) is 2. The van der Waals surface area contributed by atoms with E-state index in [1.807, 2.05) is 18.2 Å². The Kier molecular flexibility index (Phi) is 3.13. The summed E-state index contributed by atoms with van der Waals surface area (Å²) in [5.41, 5.74) is 2.07. The van der Waals surface area contributed by atoms with E-state index in [-0.39, 0.29) is 11.8 Å². The molecule has 2 amide bonds. The Bertz CT molecular complexity index is 456. The second-order valence-corrected chi connectivity index (χ2v) is 4.22. The van der Waals surface area contributed by atoms with E-state index in [4.69, 9.17) is 0 Å². The Labute approximate surface area is 101 Å². The molecule has 1 aliphatic rings. The summed E-state index contributed by atoms with van der Waals surface area (Å²) in [4.78, 5) is 24.8. The summed E-state index contributed by atoms with van der Waals surface area (Å²) in [7, 11) is 0. The molecule has 0 spiro atoms. The van der Waals surface area contributed by atoms with Gasteiger partial charge in [-0.05, 0) is 31.0 Å². The van der Waals surface area contributed by atoms with Crippen LogP contribution in [-0.4, -0.2) is 24.4 Å². The van der Waals surface area contributed by atoms with Crippen molar-refractivity contribution in [3.8, 4) is 0 Å². The predicted octanol–water partition coefficient (Wildman–Crippen LogP) is 0.900. The van der Waals surface area contributed by atoms with Crippen molar-refractivity contribution in [2.24, 2.45) is 0 Å². The third-order valence-corrected chi connectivity index (χ3v) is 2.88. The van der Waals surface area contributed by atoms with Gasteiger partial charge in [0, 0.05) is 19.2 Å². The molecule has 1 radical (unpaired) electrons. The topological polar surface area (TPSA) is 49.4 Å². The second kappa shape index (κ2) is 4.57. The van der Waals surface area contributed by atoms with Gasteiger partial charge in [0.25, 0.3) is 0 Å². The fourth-order valence-electron chi connectivity index (χ4n) is 2.10. The van der Waals surface area contributed by atoms with Crippen LogP contribution in [0.4, 0.5) is 5.69 Å². The normalized spacial score (nSPS) is 15.3. The van der Waals surface area contributed by atoms with Gasteiger partial charge in [0.1, 0.15) is 6.04 Å². The van der Waals surface area contributed by atoms with Gasteiger partial charge in [-0.15, -0.1) is 0 Å². The molecule has 4 nitrogen and oxygen atoms in total. The average Bonchev–Trinajstić information content (AvgIpc) is 2.70. The first-order valence-electron chi connectivity index (χ1n) is 5.67. The van der Waals surface area contributed by atoms with E-state index in [1.54, 1.807) is 11.8 Å². The van der Waals surface area contributed by atoms with Crippen LogP contribution < -0.4 is 10.2 Å². The molecule has 1 N–H and O–H groups in total. The van der Waals surface area contributed by atoms with Crippen molar-refractivity contribution in [1.29, 1.82) is 0 Å². The summed E-state index contributed by atoms with van der Waals surface area (Å²) in [6, 6.07) is 8.14. The zero-order valence-corrected chi connectivity index (χ0v) is 9.99. The van der Waals surface area contributed by atoms with Gasteiger partial charge in [-0.25, -0.2) is 0 Å². The molecule has 89 valence electrons. The minimum absolute atomic E-state index is 0.0708. The highest BCUT2D eigenvalue weighted by Gasteiger charge is 2.27. The van der Waals surface area contributed by atoms with Crippen LogP contribution in [0.1, 0.15) is 19.4 Å². The number of benzene rings is 1. The van der Waals surface area contributed by atoms with E-state index in [9.17, 15) is 9.59 Å². The lowest BCUT2D eigenvalue weighted by Crippen LogP contribution is -2.45. The molecule has 0 aromatic heterocycles. The van der Waals surface area contributed by atoms with Crippen molar-refractivity contribution in [2.45, 2.75) is 26.3 Å². The van der Waals surface area contributed by atoms with E-state index in [0.717, 1.165) is 17.7 Å². The van der Waals surface area contributed by atoms with Gasteiger partial charge >= 0.3 is 0 Å². The fraction of sp³-hybridized carbons (Fsp3) is 0.385. The molecule has 2 rings (SSSR count). The van der Waals surface area contributed by atoms with Crippen molar-refractivity contribution in [3.63, 3.8) is 0 Å². The lowest BCUT2D eigenvalue weighted by atomic mass is 10.2. The third kappa shape index (κ3) is 2.30. The van der Waals surface area contributed by atoms with Crippen LogP contribution in [0.5, 0.6) is 0 Å². The van der Waals surface area contributed by atoms with Gasteiger partial charge in [-0.1, -0.05) is 12.1 Å². The Hall–Kier alpha value is -1.84. The van der Waals surface area contributed by atoms with Crippen molar-refractivity contribution in [2.75, 3.05) is 11.4 Å². The van der Waals surface area contributed by atoms with E-state index < -0.39 is 6.04 Å². The SMILES string of the molecule is CC(=O)NC(C)C(=O)N1CCc2cc[c]cc21. The number of nitrogens with zero attached hydrogens (tertiary/aromatic N) is 1. The molecule has 1 aromatic carbocycles. The molecule has 4 heteroatoms. The first kappa shape index (κ1) is 11.6. The minimum Gasteiger partial charge on any atom is -0.345 e. The molecule has 1 heterocycles. The van der Waals surface area contributed by atoms with Crippen molar-refractivity contribution < 1.29 is 9.59 Å². The Morgan fingerprint density at radius 1 is 1.53 bits per heavy atom.